The first kappa shape index (κ1) is 29.1. The number of likely N-dealkylation sites (tertiary alicyclic amines) is 1. The third-order valence-electron chi connectivity index (χ3n) is 6.42. The van der Waals surface area contributed by atoms with Gasteiger partial charge in [0.2, 0.25) is 0 Å². The molecule has 0 saturated carbocycles. The minimum Gasteiger partial charge on any atom is -0.367 e. The molecule has 212 valence electrons. The Balaban J connectivity index is 0.000000867. The maximum atomic E-state index is 14.6. The van der Waals surface area contributed by atoms with E-state index >= 15 is 0 Å². The number of alkyl halides is 2. The van der Waals surface area contributed by atoms with E-state index in [-0.39, 0.29) is 28.8 Å². The number of hydrogen-bond acceptors (Lipinski definition) is 8. The molecule has 9 nitrogen and oxygen atoms in total. The molecule has 5 rings (SSSR count). The molecule has 1 saturated heterocycles. The second-order valence-electron chi connectivity index (χ2n) is 9.23. The molecule has 0 unspecified atom stereocenters. The van der Waals surface area contributed by atoms with Crippen molar-refractivity contribution in [3.05, 3.63) is 78.5 Å². The number of hydrogen-bond donors (Lipinski definition) is 1. The van der Waals surface area contributed by atoms with Gasteiger partial charge >= 0.3 is 12.2 Å². The summed E-state index contributed by atoms with van der Waals surface area (Å²) in [6.07, 6.45) is 2.63. The molecule has 1 aliphatic rings. The van der Waals surface area contributed by atoms with Crippen molar-refractivity contribution in [3.63, 3.8) is 0 Å². The summed E-state index contributed by atoms with van der Waals surface area (Å²) in [5.41, 5.74) is 1.02. The summed E-state index contributed by atoms with van der Waals surface area (Å²) in [5, 5.41) is 3.95. The Labute approximate surface area is 227 Å². The average molecular weight is 579 g/mol. The van der Waals surface area contributed by atoms with Crippen molar-refractivity contribution >= 4 is 33.2 Å². The zero-order valence-electron chi connectivity index (χ0n) is 21.3. The first-order chi connectivity index (χ1) is 19.0. The van der Waals surface area contributed by atoms with Crippen LogP contribution in [0, 0.1) is 6.92 Å². The first-order valence-corrected chi connectivity index (χ1v) is 13.7. The summed E-state index contributed by atoms with van der Waals surface area (Å²) < 4.78 is 76.1. The zero-order valence-corrected chi connectivity index (χ0v) is 22.2. The van der Waals surface area contributed by atoms with Gasteiger partial charge in [-0.15, -0.1) is 8.78 Å². The summed E-state index contributed by atoms with van der Waals surface area (Å²) in [5.74, 6) is -2.50. The monoisotopic (exact) mass is 578 g/mol. The van der Waals surface area contributed by atoms with E-state index in [4.69, 9.17) is 4.79 Å². The van der Waals surface area contributed by atoms with Crippen LogP contribution >= 0.6 is 0 Å². The number of carbonyl (C=O) groups is 1. The lowest BCUT2D eigenvalue weighted by Crippen LogP contribution is -2.44. The molecule has 0 radical (unpaired) electrons. The summed E-state index contributed by atoms with van der Waals surface area (Å²) in [6, 6.07) is 12.9. The summed E-state index contributed by atoms with van der Waals surface area (Å²) >= 11 is 0. The number of anilines is 1. The van der Waals surface area contributed by atoms with Crippen molar-refractivity contribution in [1.29, 1.82) is 0 Å². The lowest BCUT2D eigenvalue weighted by atomic mass is 10.0. The third kappa shape index (κ3) is 6.80. The Morgan fingerprint density at radius 3 is 2.33 bits per heavy atom. The molecule has 0 atom stereocenters. The molecular formula is C26H26F4N6O3S. The van der Waals surface area contributed by atoms with E-state index < -0.39 is 22.2 Å². The normalized spacial score (nSPS) is 14.9. The molecule has 4 heterocycles. The van der Waals surface area contributed by atoms with Crippen LogP contribution in [0.1, 0.15) is 24.1 Å². The second kappa shape index (κ2) is 12.1. The van der Waals surface area contributed by atoms with E-state index in [0.29, 0.717) is 37.1 Å². The van der Waals surface area contributed by atoms with Crippen LogP contribution in [-0.4, -0.2) is 64.2 Å². The van der Waals surface area contributed by atoms with Crippen molar-refractivity contribution < 1.29 is 30.8 Å². The molecule has 4 aromatic rings. The van der Waals surface area contributed by atoms with Crippen LogP contribution in [0.3, 0.4) is 0 Å². The first-order valence-electron chi connectivity index (χ1n) is 12.2. The summed E-state index contributed by atoms with van der Waals surface area (Å²) in [4.78, 5) is 22.4. The van der Waals surface area contributed by atoms with Gasteiger partial charge in [0.25, 0.3) is 10.0 Å². The molecule has 14 heteroatoms. The van der Waals surface area contributed by atoms with Gasteiger partial charge in [0, 0.05) is 31.5 Å². The van der Waals surface area contributed by atoms with Crippen molar-refractivity contribution in [2.45, 2.75) is 36.6 Å². The fraction of sp³-hybridized carbons (Fsp3) is 0.308. The number of aromatic nitrogens is 4. The van der Waals surface area contributed by atoms with Crippen molar-refractivity contribution in [3.8, 4) is 0 Å². The predicted molar refractivity (Wildman–Crippen MR) is 140 cm³/mol. The minimum atomic E-state index is -3.82. The number of halogens is 4. The highest BCUT2D eigenvalue weighted by molar-refractivity contribution is 7.90. The quantitative estimate of drug-likeness (QED) is 0.239. The van der Waals surface area contributed by atoms with Gasteiger partial charge in [-0.3, -0.25) is 9.88 Å². The van der Waals surface area contributed by atoms with E-state index in [9.17, 15) is 26.0 Å². The highest BCUT2D eigenvalue weighted by Crippen LogP contribution is 2.30. The minimum absolute atomic E-state index is 0.0138. The maximum Gasteiger partial charge on any atom is 0.483 e. The van der Waals surface area contributed by atoms with Crippen molar-refractivity contribution in [1.82, 2.24) is 23.8 Å². The molecule has 1 aliphatic heterocycles. The fourth-order valence-corrected chi connectivity index (χ4v) is 5.73. The van der Waals surface area contributed by atoms with Crippen LogP contribution in [0.4, 0.5) is 28.2 Å². The molecule has 1 N–H and O–H groups in total. The lowest BCUT2D eigenvalue weighted by molar-refractivity contribution is -0.0457. The predicted octanol–water partition coefficient (Wildman–Crippen LogP) is 5.09. The molecule has 40 heavy (non-hydrogen) atoms. The number of pyridine rings is 1. The van der Waals surface area contributed by atoms with Crippen LogP contribution < -0.4 is 5.32 Å². The van der Waals surface area contributed by atoms with E-state index in [1.165, 1.54) is 24.8 Å². The largest absolute Gasteiger partial charge is 0.483 e. The molecule has 1 fully saturated rings. The Morgan fingerprint density at radius 1 is 1.02 bits per heavy atom. The van der Waals surface area contributed by atoms with Crippen LogP contribution in [0.15, 0.2) is 72.1 Å². The second-order valence-corrected chi connectivity index (χ2v) is 11.0. The van der Waals surface area contributed by atoms with Gasteiger partial charge in [-0.2, -0.15) is 8.78 Å². The van der Waals surface area contributed by atoms with E-state index in [2.05, 4.69) is 20.3 Å². The van der Waals surface area contributed by atoms with Gasteiger partial charge < -0.3 is 5.32 Å². The number of piperidine rings is 1. The van der Waals surface area contributed by atoms with Crippen LogP contribution in [-0.2, 0) is 15.9 Å². The molecule has 0 aliphatic carbocycles. The average Bonchev–Trinajstić information content (AvgIpc) is 3.36. The molecule has 1 aromatic carbocycles. The van der Waals surface area contributed by atoms with Gasteiger partial charge in [-0.1, -0.05) is 23.8 Å². The number of nitrogens with one attached hydrogen (secondary N) is 1. The van der Waals surface area contributed by atoms with E-state index in [1.807, 2.05) is 6.92 Å². The highest BCUT2D eigenvalue weighted by Gasteiger charge is 2.36. The Bertz CT molecular complexity index is 1550. The Morgan fingerprint density at radius 2 is 1.70 bits per heavy atom. The number of rotatable bonds is 7. The molecule has 0 spiro atoms. The van der Waals surface area contributed by atoms with E-state index in [0.717, 1.165) is 9.54 Å². The van der Waals surface area contributed by atoms with Gasteiger partial charge in [-0.25, -0.2) is 27.2 Å². The Kier molecular flexibility index (Phi) is 8.79. The molecule has 0 bridgehead atoms. The number of carbonyl (C=O) groups excluding carboxylic acids is 1. The van der Waals surface area contributed by atoms with Gasteiger partial charge in [0.05, 0.1) is 16.8 Å². The number of fused-ring (bicyclic) bond motifs is 1. The van der Waals surface area contributed by atoms with Gasteiger partial charge in [0.15, 0.2) is 5.65 Å². The summed E-state index contributed by atoms with van der Waals surface area (Å²) in [7, 11) is -3.82. The molecular weight excluding hydrogens is 552 g/mol. The standard InChI is InChI=1S/C25H26F2N6O2S.CF2O/c1-18-5-7-20(8-6-18)36(34,35)33-15-11-21-23(29-17-30-24(21)33)31-19-9-13-32(14-10-19)16-25(26,27)22-4-2-3-12-28-22;2-1(3)4/h2-8,11-12,15,17,19H,9-10,13-14,16H2,1H3,(H,29,30,31);. The number of benzene rings is 1. The molecule has 0 amide bonds. The van der Waals surface area contributed by atoms with E-state index in [1.54, 1.807) is 47.4 Å². The fourth-order valence-electron chi connectivity index (χ4n) is 4.43. The van der Waals surface area contributed by atoms with Gasteiger partial charge in [0.1, 0.15) is 17.8 Å². The van der Waals surface area contributed by atoms with Crippen LogP contribution in [0.2, 0.25) is 0 Å². The highest BCUT2D eigenvalue weighted by atomic mass is 32.2. The van der Waals surface area contributed by atoms with Crippen LogP contribution in [0.5, 0.6) is 0 Å². The SMILES string of the molecule is Cc1ccc(S(=O)(=O)n2ccc3c(NC4CCN(CC(F)(F)c5ccccn5)CC4)ncnc32)cc1.O=C(F)F. The molecule has 3 aromatic heterocycles. The zero-order chi connectivity index (χ0) is 28.9. The number of nitrogens with zero attached hydrogens (tertiary/aromatic N) is 5. The summed E-state index contributed by atoms with van der Waals surface area (Å²) in [6.45, 7) is 2.51. The van der Waals surface area contributed by atoms with Gasteiger partial charge in [-0.05, 0) is 50.1 Å². The smallest absolute Gasteiger partial charge is 0.367 e. The number of aryl methyl sites for hydroxylation is 1. The maximum absolute atomic E-state index is 14.6. The van der Waals surface area contributed by atoms with Crippen LogP contribution in [0.25, 0.3) is 11.0 Å². The third-order valence-corrected chi connectivity index (χ3v) is 8.10. The van der Waals surface area contributed by atoms with Crippen molar-refractivity contribution in [2.75, 3.05) is 25.0 Å². The topological polar surface area (TPSA) is 110 Å². The lowest BCUT2D eigenvalue weighted by Gasteiger charge is -2.34. The van der Waals surface area contributed by atoms with Crippen molar-refractivity contribution in [2.24, 2.45) is 0 Å². The Hall–Kier alpha value is -3.91.